The van der Waals surface area contributed by atoms with E-state index in [-0.39, 0.29) is 0 Å². The van der Waals surface area contributed by atoms with Crippen molar-refractivity contribution in [3.63, 3.8) is 0 Å². The third-order valence-electron chi connectivity index (χ3n) is 5.08. The fourth-order valence-corrected chi connectivity index (χ4v) is 4.55. The number of hydrogen-bond donors (Lipinski definition) is 0. The molecule has 0 atom stereocenters. The first kappa shape index (κ1) is 24.1. The van der Waals surface area contributed by atoms with Gasteiger partial charge in [0.05, 0.1) is 0 Å². The third-order valence-corrected chi connectivity index (χ3v) is 6.71. The van der Waals surface area contributed by atoms with Crippen LogP contribution in [-0.4, -0.2) is 5.75 Å². The number of unbranched alkanes of at least 4 members (excludes halogenated alkanes) is 15. The Morgan fingerprint density at radius 3 is 1.38 bits per heavy atom. The Bertz CT molecular complexity index is 401. The normalized spacial score (nSPS) is 11.2. The number of hydrogen-bond acceptors (Lipinski definition) is 1. The van der Waals surface area contributed by atoms with Crippen LogP contribution in [0.15, 0.2) is 33.6 Å². The fraction of sp³-hybridized carbons (Fsp3) is 0.750. The van der Waals surface area contributed by atoms with Crippen LogP contribution in [0.1, 0.15) is 110 Å². The molecule has 1 aromatic carbocycles. The lowest BCUT2D eigenvalue weighted by atomic mass is 10.0. The van der Waals surface area contributed by atoms with Crippen molar-refractivity contribution in [1.29, 1.82) is 0 Å². The molecule has 1 aromatic rings. The first-order valence-corrected chi connectivity index (χ1v) is 13.0. The van der Waals surface area contributed by atoms with E-state index in [9.17, 15) is 0 Å². The number of halogens is 1. The molecule has 0 aromatic heterocycles. The predicted molar refractivity (Wildman–Crippen MR) is 124 cm³/mol. The van der Waals surface area contributed by atoms with E-state index in [1.807, 2.05) is 11.8 Å². The van der Waals surface area contributed by atoms with Crippen LogP contribution in [0.25, 0.3) is 0 Å². The molecule has 0 aliphatic carbocycles. The lowest BCUT2D eigenvalue weighted by molar-refractivity contribution is 0.531. The van der Waals surface area contributed by atoms with Gasteiger partial charge in [0.25, 0.3) is 0 Å². The molecule has 0 N–H and O–H groups in total. The van der Waals surface area contributed by atoms with E-state index in [1.165, 1.54) is 118 Å². The molecule has 0 nitrogen and oxygen atoms in total. The summed E-state index contributed by atoms with van der Waals surface area (Å²) < 4.78 is 1.17. The quantitative estimate of drug-likeness (QED) is 0.161. The minimum absolute atomic E-state index is 1.17. The van der Waals surface area contributed by atoms with Crippen LogP contribution in [0.5, 0.6) is 0 Å². The summed E-state index contributed by atoms with van der Waals surface area (Å²) in [7, 11) is 0. The summed E-state index contributed by atoms with van der Waals surface area (Å²) >= 11 is 5.48. The van der Waals surface area contributed by atoms with Crippen molar-refractivity contribution in [2.45, 2.75) is 115 Å². The van der Waals surface area contributed by atoms with Crippen molar-refractivity contribution in [1.82, 2.24) is 0 Å². The molecule has 0 aliphatic heterocycles. The van der Waals surface area contributed by atoms with Gasteiger partial charge in [-0.15, -0.1) is 11.8 Å². The van der Waals surface area contributed by atoms with Crippen molar-refractivity contribution >= 4 is 27.7 Å². The summed E-state index contributed by atoms with van der Waals surface area (Å²) in [4.78, 5) is 1.40. The standard InChI is InChI=1S/C24H41BrS/c1-2-3-4-5-6-7-8-9-10-11-12-13-14-15-16-17-22-26-24-20-18-23(25)19-21-24/h18-21H,2-17,22H2,1H3. The van der Waals surface area contributed by atoms with Gasteiger partial charge in [-0.1, -0.05) is 119 Å². The summed E-state index contributed by atoms with van der Waals surface area (Å²) in [5.41, 5.74) is 0. The smallest absolute Gasteiger partial charge is 0.0176 e. The molecule has 0 spiro atoms. The largest absolute Gasteiger partial charge is 0.126 e. The van der Waals surface area contributed by atoms with Crippen molar-refractivity contribution in [3.8, 4) is 0 Å². The topological polar surface area (TPSA) is 0 Å². The minimum atomic E-state index is 1.17. The van der Waals surface area contributed by atoms with Gasteiger partial charge in [0, 0.05) is 9.37 Å². The number of thioether (sulfide) groups is 1. The molecular formula is C24H41BrS. The van der Waals surface area contributed by atoms with E-state index in [0.29, 0.717) is 0 Å². The van der Waals surface area contributed by atoms with Crippen LogP contribution in [0.4, 0.5) is 0 Å². The lowest BCUT2D eigenvalue weighted by Gasteiger charge is -2.04. The predicted octanol–water partition coefficient (Wildman–Crippen LogP) is 9.80. The molecule has 26 heavy (non-hydrogen) atoms. The summed E-state index contributed by atoms with van der Waals surface area (Å²) in [5, 5.41) is 0. The second-order valence-electron chi connectivity index (χ2n) is 7.61. The maximum absolute atomic E-state index is 3.49. The molecule has 0 aliphatic rings. The van der Waals surface area contributed by atoms with E-state index in [0.717, 1.165) is 0 Å². The van der Waals surface area contributed by atoms with Crippen LogP contribution in [0.2, 0.25) is 0 Å². The maximum Gasteiger partial charge on any atom is 0.0176 e. The highest BCUT2D eigenvalue weighted by molar-refractivity contribution is 9.10. The van der Waals surface area contributed by atoms with Gasteiger partial charge in [-0.25, -0.2) is 0 Å². The molecule has 0 bridgehead atoms. The molecule has 0 amide bonds. The highest BCUT2D eigenvalue weighted by Gasteiger charge is 1.96. The summed E-state index contributed by atoms with van der Waals surface area (Å²) in [5.74, 6) is 1.26. The zero-order valence-corrected chi connectivity index (χ0v) is 19.5. The number of rotatable bonds is 18. The summed E-state index contributed by atoms with van der Waals surface area (Å²) in [6.45, 7) is 2.30. The molecule has 0 unspecified atom stereocenters. The summed E-state index contributed by atoms with van der Waals surface area (Å²) in [6, 6.07) is 8.69. The molecule has 0 radical (unpaired) electrons. The van der Waals surface area contributed by atoms with Gasteiger partial charge < -0.3 is 0 Å². The van der Waals surface area contributed by atoms with Crippen molar-refractivity contribution in [2.24, 2.45) is 0 Å². The Hall–Kier alpha value is 0.0500. The molecular weight excluding hydrogens is 400 g/mol. The molecule has 2 heteroatoms. The Balaban J connectivity index is 1.72. The van der Waals surface area contributed by atoms with Gasteiger partial charge in [0.1, 0.15) is 0 Å². The summed E-state index contributed by atoms with van der Waals surface area (Å²) in [6.07, 6.45) is 23.1. The Morgan fingerprint density at radius 2 is 0.962 bits per heavy atom. The van der Waals surface area contributed by atoms with E-state index < -0.39 is 0 Å². The highest BCUT2D eigenvalue weighted by Crippen LogP contribution is 2.22. The van der Waals surface area contributed by atoms with Crippen molar-refractivity contribution < 1.29 is 0 Å². The van der Waals surface area contributed by atoms with Crippen LogP contribution in [0, 0.1) is 0 Å². The maximum atomic E-state index is 3.49. The van der Waals surface area contributed by atoms with Crippen LogP contribution in [0.3, 0.4) is 0 Å². The SMILES string of the molecule is CCCCCCCCCCCCCCCCCCSc1ccc(Br)cc1. The molecule has 0 heterocycles. The van der Waals surface area contributed by atoms with Crippen molar-refractivity contribution in [3.05, 3.63) is 28.7 Å². The monoisotopic (exact) mass is 440 g/mol. The first-order chi connectivity index (χ1) is 12.8. The fourth-order valence-electron chi connectivity index (χ4n) is 3.37. The Kier molecular flexibility index (Phi) is 17.1. The molecule has 0 fully saturated rings. The molecule has 0 saturated carbocycles. The molecule has 150 valence electrons. The van der Waals surface area contributed by atoms with Gasteiger partial charge >= 0.3 is 0 Å². The van der Waals surface area contributed by atoms with Crippen molar-refractivity contribution in [2.75, 3.05) is 5.75 Å². The number of benzene rings is 1. The Morgan fingerprint density at radius 1 is 0.577 bits per heavy atom. The van der Waals surface area contributed by atoms with E-state index >= 15 is 0 Å². The zero-order chi connectivity index (χ0) is 18.7. The average Bonchev–Trinajstić information content (AvgIpc) is 2.66. The average molecular weight is 442 g/mol. The highest BCUT2D eigenvalue weighted by atomic mass is 79.9. The Labute approximate surface area is 176 Å². The van der Waals surface area contributed by atoms with Crippen LogP contribution >= 0.6 is 27.7 Å². The van der Waals surface area contributed by atoms with Crippen LogP contribution < -0.4 is 0 Å². The lowest BCUT2D eigenvalue weighted by Crippen LogP contribution is -1.85. The minimum Gasteiger partial charge on any atom is -0.126 e. The van der Waals surface area contributed by atoms with E-state index in [4.69, 9.17) is 0 Å². The van der Waals surface area contributed by atoms with Crippen LogP contribution in [-0.2, 0) is 0 Å². The zero-order valence-electron chi connectivity index (χ0n) is 17.1. The van der Waals surface area contributed by atoms with E-state index in [1.54, 1.807) is 0 Å². The van der Waals surface area contributed by atoms with Gasteiger partial charge in [0.15, 0.2) is 0 Å². The second-order valence-corrected chi connectivity index (χ2v) is 9.69. The van der Waals surface area contributed by atoms with Gasteiger partial charge in [-0.3, -0.25) is 0 Å². The first-order valence-electron chi connectivity index (χ1n) is 11.2. The van der Waals surface area contributed by atoms with Gasteiger partial charge in [-0.2, -0.15) is 0 Å². The molecule has 1 rings (SSSR count). The van der Waals surface area contributed by atoms with Gasteiger partial charge in [-0.05, 0) is 36.4 Å². The molecule has 0 saturated heterocycles. The van der Waals surface area contributed by atoms with E-state index in [2.05, 4.69) is 47.1 Å². The van der Waals surface area contributed by atoms with Gasteiger partial charge in [0.2, 0.25) is 0 Å². The third kappa shape index (κ3) is 15.1. The second kappa shape index (κ2) is 18.4.